The maximum absolute atomic E-state index is 8.89. The first-order valence-electron chi connectivity index (χ1n) is 6.35. The van der Waals surface area contributed by atoms with Crippen molar-refractivity contribution < 1.29 is 9.52 Å². The topological polar surface area (TPSA) is 48.6 Å². The van der Waals surface area contributed by atoms with Gasteiger partial charge in [0, 0.05) is 6.54 Å². The highest BCUT2D eigenvalue weighted by Gasteiger charge is 2.16. The summed E-state index contributed by atoms with van der Waals surface area (Å²) in [6.07, 6.45) is 2.62. The Morgan fingerprint density at radius 1 is 1.47 bits per heavy atom. The van der Waals surface area contributed by atoms with E-state index in [1.807, 2.05) is 12.1 Å². The van der Waals surface area contributed by atoms with Crippen molar-refractivity contribution in [3.8, 4) is 0 Å². The number of aliphatic hydroxyl groups excluding tert-OH is 1. The molecule has 1 aliphatic rings. The number of likely N-dealkylation sites (tertiary alicyclic amines) is 1. The van der Waals surface area contributed by atoms with Gasteiger partial charge in [-0.05, 0) is 51.0 Å². The normalized spacial score (nSPS) is 21.9. The van der Waals surface area contributed by atoms with Gasteiger partial charge in [0.1, 0.15) is 18.1 Å². The van der Waals surface area contributed by atoms with Gasteiger partial charge in [0.2, 0.25) is 0 Å². The van der Waals surface area contributed by atoms with Gasteiger partial charge in [-0.25, -0.2) is 0 Å². The molecule has 2 heterocycles. The fourth-order valence-corrected chi connectivity index (χ4v) is 2.44. The Hall–Kier alpha value is -0.840. The summed E-state index contributed by atoms with van der Waals surface area (Å²) < 4.78 is 5.42. The second-order valence-corrected chi connectivity index (χ2v) is 4.93. The van der Waals surface area contributed by atoms with Crippen molar-refractivity contribution in [2.24, 2.45) is 5.92 Å². The zero-order chi connectivity index (χ0) is 12.1. The fraction of sp³-hybridized carbons (Fsp3) is 0.692. The third-order valence-corrected chi connectivity index (χ3v) is 3.33. The third-order valence-electron chi connectivity index (χ3n) is 3.33. The van der Waals surface area contributed by atoms with E-state index < -0.39 is 0 Å². The van der Waals surface area contributed by atoms with Gasteiger partial charge in [0.15, 0.2) is 0 Å². The Bertz CT molecular complexity index is 338. The van der Waals surface area contributed by atoms with E-state index in [9.17, 15) is 0 Å². The van der Waals surface area contributed by atoms with Crippen molar-refractivity contribution in [2.75, 3.05) is 26.7 Å². The maximum Gasteiger partial charge on any atom is 0.129 e. The third kappa shape index (κ3) is 3.84. The largest absolute Gasteiger partial charge is 0.462 e. The number of furan rings is 1. The standard InChI is InChI=1S/C13H22N2O2/c1-15-6-2-3-11(9-15)7-14-8-12-4-5-13(10-16)17-12/h4-5,11,14,16H,2-3,6-10H2,1H3. The number of rotatable bonds is 5. The van der Waals surface area contributed by atoms with E-state index in [4.69, 9.17) is 9.52 Å². The van der Waals surface area contributed by atoms with Gasteiger partial charge in [-0.1, -0.05) is 0 Å². The Morgan fingerprint density at radius 2 is 2.29 bits per heavy atom. The number of aliphatic hydroxyl groups is 1. The smallest absolute Gasteiger partial charge is 0.129 e. The molecule has 1 fully saturated rings. The van der Waals surface area contributed by atoms with Crippen molar-refractivity contribution in [1.82, 2.24) is 10.2 Å². The van der Waals surface area contributed by atoms with Crippen LogP contribution in [0.3, 0.4) is 0 Å². The maximum atomic E-state index is 8.89. The summed E-state index contributed by atoms with van der Waals surface area (Å²) in [5, 5.41) is 12.3. The van der Waals surface area contributed by atoms with Gasteiger partial charge in [-0.2, -0.15) is 0 Å². The summed E-state index contributed by atoms with van der Waals surface area (Å²) in [7, 11) is 2.19. The van der Waals surface area contributed by atoms with Crippen LogP contribution < -0.4 is 5.32 Å². The van der Waals surface area contributed by atoms with Crippen LogP contribution in [0.25, 0.3) is 0 Å². The molecule has 96 valence electrons. The lowest BCUT2D eigenvalue weighted by Gasteiger charge is -2.29. The molecule has 17 heavy (non-hydrogen) atoms. The molecule has 1 unspecified atom stereocenters. The summed E-state index contributed by atoms with van der Waals surface area (Å²) in [4.78, 5) is 2.40. The van der Waals surface area contributed by atoms with E-state index in [2.05, 4.69) is 17.3 Å². The molecule has 1 aromatic rings. The molecule has 0 saturated carbocycles. The van der Waals surface area contributed by atoms with Crippen molar-refractivity contribution >= 4 is 0 Å². The predicted octanol–water partition coefficient (Wildman–Crippen LogP) is 1.20. The average Bonchev–Trinajstić information content (AvgIpc) is 2.77. The van der Waals surface area contributed by atoms with Gasteiger partial charge in [-0.3, -0.25) is 0 Å². The van der Waals surface area contributed by atoms with Crippen LogP contribution in [0.4, 0.5) is 0 Å². The SMILES string of the molecule is CN1CCCC(CNCc2ccc(CO)o2)C1. The van der Waals surface area contributed by atoms with Crippen LogP contribution in [0.1, 0.15) is 24.4 Å². The van der Waals surface area contributed by atoms with E-state index in [1.54, 1.807) is 0 Å². The van der Waals surface area contributed by atoms with Gasteiger partial charge < -0.3 is 19.7 Å². The first-order valence-corrected chi connectivity index (χ1v) is 6.35. The minimum atomic E-state index is -0.0204. The van der Waals surface area contributed by atoms with Crippen molar-refractivity contribution in [3.05, 3.63) is 23.7 Å². The van der Waals surface area contributed by atoms with E-state index in [-0.39, 0.29) is 6.61 Å². The molecule has 0 amide bonds. The molecule has 2 rings (SSSR count). The lowest BCUT2D eigenvalue weighted by Crippen LogP contribution is -2.37. The molecule has 4 nitrogen and oxygen atoms in total. The van der Waals surface area contributed by atoms with Crippen molar-refractivity contribution in [3.63, 3.8) is 0 Å². The molecule has 1 saturated heterocycles. The van der Waals surface area contributed by atoms with E-state index in [1.165, 1.54) is 25.9 Å². The Morgan fingerprint density at radius 3 is 3.00 bits per heavy atom. The number of nitrogens with one attached hydrogen (secondary N) is 1. The zero-order valence-corrected chi connectivity index (χ0v) is 10.5. The van der Waals surface area contributed by atoms with Crippen LogP contribution in [0.15, 0.2) is 16.5 Å². The second-order valence-electron chi connectivity index (χ2n) is 4.93. The number of hydrogen-bond acceptors (Lipinski definition) is 4. The molecule has 0 bridgehead atoms. The molecule has 0 aliphatic carbocycles. The molecule has 1 atom stereocenters. The molecule has 1 aromatic heterocycles. The first kappa shape index (κ1) is 12.6. The lowest BCUT2D eigenvalue weighted by atomic mass is 9.98. The highest BCUT2D eigenvalue weighted by atomic mass is 16.4. The van der Waals surface area contributed by atoms with Crippen LogP contribution in [0.2, 0.25) is 0 Å². The minimum Gasteiger partial charge on any atom is -0.462 e. The molecule has 4 heteroatoms. The Kier molecular flexibility index (Phi) is 4.59. The van der Waals surface area contributed by atoms with Crippen LogP contribution >= 0.6 is 0 Å². The highest BCUT2D eigenvalue weighted by Crippen LogP contribution is 2.14. The van der Waals surface area contributed by atoms with Crippen molar-refractivity contribution in [2.45, 2.75) is 26.0 Å². The molecular formula is C13H22N2O2. The summed E-state index contributed by atoms with van der Waals surface area (Å²) >= 11 is 0. The van der Waals surface area contributed by atoms with Crippen LogP contribution in [-0.2, 0) is 13.2 Å². The van der Waals surface area contributed by atoms with Gasteiger partial charge in [-0.15, -0.1) is 0 Å². The molecule has 0 aromatic carbocycles. The zero-order valence-electron chi connectivity index (χ0n) is 10.5. The Balaban J connectivity index is 1.68. The first-order chi connectivity index (χ1) is 8.28. The van der Waals surface area contributed by atoms with E-state index in [0.717, 1.165) is 24.8 Å². The number of piperidine rings is 1. The molecular weight excluding hydrogens is 216 g/mol. The number of hydrogen-bond donors (Lipinski definition) is 2. The highest BCUT2D eigenvalue weighted by molar-refractivity contribution is 5.06. The summed E-state index contributed by atoms with van der Waals surface area (Å²) in [6, 6.07) is 3.75. The molecule has 0 spiro atoms. The van der Waals surface area contributed by atoms with Gasteiger partial charge >= 0.3 is 0 Å². The van der Waals surface area contributed by atoms with Crippen LogP contribution in [0, 0.1) is 5.92 Å². The average molecular weight is 238 g/mol. The fourth-order valence-electron chi connectivity index (χ4n) is 2.44. The van der Waals surface area contributed by atoms with E-state index >= 15 is 0 Å². The molecule has 0 radical (unpaired) electrons. The van der Waals surface area contributed by atoms with Gasteiger partial charge in [0.05, 0.1) is 6.54 Å². The molecule has 1 aliphatic heterocycles. The van der Waals surface area contributed by atoms with Crippen LogP contribution in [0.5, 0.6) is 0 Å². The van der Waals surface area contributed by atoms with Gasteiger partial charge in [0.25, 0.3) is 0 Å². The van der Waals surface area contributed by atoms with E-state index in [0.29, 0.717) is 5.76 Å². The number of nitrogens with zero attached hydrogens (tertiary/aromatic N) is 1. The summed E-state index contributed by atoms with van der Waals surface area (Å²) in [5.41, 5.74) is 0. The van der Waals surface area contributed by atoms with Crippen LogP contribution in [-0.4, -0.2) is 36.7 Å². The monoisotopic (exact) mass is 238 g/mol. The summed E-state index contributed by atoms with van der Waals surface area (Å²) in [6.45, 7) is 4.19. The quantitative estimate of drug-likeness (QED) is 0.809. The molecule has 2 N–H and O–H groups in total. The summed E-state index contributed by atoms with van der Waals surface area (Å²) in [5.74, 6) is 2.29. The Labute approximate surface area is 103 Å². The second kappa shape index (κ2) is 6.19. The van der Waals surface area contributed by atoms with Crippen molar-refractivity contribution in [1.29, 1.82) is 0 Å². The predicted molar refractivity (Wildman–Crippen MR) is 66.6 cm³/mol. The lowest BCUT2D eigenvalue weighted by molar-refractivity contribution is 0.204. The minimum absolute atomic E-state index is 0.0204.